The number of aliphatic hydroxyl groups excluding tert-OH is 1. The van der Waals surface area contributed by atoms with Crippen LogP contribution < -0.4 is 10.6 Å². The molecular formula is C20H27ClN4O2. The average molecular weight is 391 g/mol. The van der Waals surface area contributed by atoms with Crippen LogP contribution in [0.4, 0.5) is 0 Å². The second kappa shape index (κ2) is 6.42. The number of ether oxygens (including phenoxy) is 1. The van der Waals surface area contributed by atoms with E-state index in [0.29, 0.717) is 24.2 Å². The van der Waals surface area contributed by atoms with Crippen molar-refractivity contribution in [2.45, 2.75) is 38.0 Å². The summed E-state index contributed by atoms with van der Waals surface area (Å²) in [6.45, 7) is 5.53. The van der Waals surface area contributed by atoms with Crippen molar-refractivity contribution < 1.29 is 9.84 Å². The topological polar surface area (TPSA) is 82.2 Å². The summed E-state index contributed by atoms with van der Waals surface area (Å²) in [7, 11) is 0. The fourth-order valence-electron chi connectivity index (χ4n) is 5.51. The van der Waals surface area contributed by atoms with Crippen molar-refractivity contribution in [3.8, 4) is 0 Å². The van der Waals surface area contributed by atoms with Crippen molar-refractivity contribution in [1.29, 1.82) is 0 Å². The number of H-pyrrole nitrogens is 1. The SMILES string of the molecule is C[C@]12CNC[C@@H]1CC[C@@H]2C(O)NC1(c2nc3ccc(Cl)cc3[nH]2)CCOC1. The third-order valence-corrected chi connectivity index (χ3v) is 7.46. The number of nitrogens with zero attached hydrogens (tertiary/aromatic N) is 1. The maximum absolute atomic E-state index is 11.2. The first-order chi connectivity index (χ1) is 13.0. The number of imidazole rings is 1. The third kappa shape index (κ3) is 2.81. The van der Waals surface area contributed by atoms with Crippen LogP contribution >= 0.6 is 11.6 Å². The maximum Gasteiger partial charge on any atom is 0.130 e. The van der Waals surface area contributed by atoms with Crippen LogP contribution in [0, 0.1) is 17.3 Å². The molecular weight excluding hydrogens is 364 g/mol. The number of rotatable bonds is 4. The van der Waals surface area contributed by atoms with Crippen LogP contribution in [0.2, 0.25) is 5.02 Å². The molecule has 2 unspecified atom stereocenters. The Kier molecular flexibility index (Phi) is 4.26. The van der Waals surface area contributed by atoms with E-state index in [1.54, 1.807) is 0 Å². The van der Waals surface area contributed by atoms with Crippen LogP contribution in [0.25, 0.3) is 11.0 Å². The van der Waals surface area contributed by atoms with Crippen LogP contribution in [0.1, 0.15) is 32.0 Å². The molecule has 2 aliphatic heterocycles. The summed E-state index contributed by atoms with van der Waals surface area (Å²) in [6, 6.07) is 5.66. The lowest BCUT2D eigenvalue weighted by Crippen LogP contribution is -2.54. The first-order valence-corrected chi connectivity index (χ1v) is 10.3. The largest absolute Gasteiger partial charge is 0.379 e. The lowest BCUT2D eigenvalue weighted by molar-refractivity contribution is -0.00965. The fourth-order valence-corrected chi connectivity index (χ4v) is 5.69. The molecule has 2 saturated heterocycles. The highest BCUT2D eigenvalue weighted by Gasteiger charge is 2.53. The summed E-state index contributed by atoms with van der Waals surface area (Å²) in [5, 5.41) is 18.9. The van der Waals surface area contributed by atoms with E-state index in [2.05, 4.69) is 22.5 Å². The standard InChI is InChI=1S/C20H27ClN4O2/c1-19-10-22-9-12(19)2-4-14(19)17(26)25-20(6-7-27-11-20)18-23-15-5-3-13(21)8-16(15)24-18/h3,5,8,12,14,17,22,25-26H,2,4,6-7,9-11H2,1H3,(H,23,24)/t12-,14+,17?,19-,20?/m0/s1. The van der Waals surface area contributed by atoms with Crippen molar-refractivity contribution >= 4 is 22.6 Å². The van der Waals surface area contributed by atoms with E-state index in [-0.39, 0.29) is 11.3 Å². The Labute approximate surface area is 164 Å². The molecule has 6 nitrogen and oxygen atoms in total. The van der Waals surface area contributed by atoms with Gasteiger partial charge in [-0.2, -0.15) is 0 Å². The van der Waals surface area contributed by atoms with Crippen molar-refractivity contribution in [2.75, 3.05) is 26.3 Å². The van der Waals surface area contributed by atoms with Crippen molar-refractivity contribution in [3.05, 3.63) is 29.0 Å². The van der Waals surface area contributed by atoms with Crippen LogP contribution in [0.5, 0.6) is 0 Å². The van der Waals surface area contributed by atoms with E-state index in [1.807, 2.05) is 18.2 Å². The summed E-state index contributed by atoms with van der Waals surface area (Å²) in [5.74, 6) is 1.71. The molecule has 2 aromatic rings. The Morgan fingerprint density at radius 2 is 2.30 bits per heavy atom. The molecule has 0 radical (unpaired) electrons. The number of aromatic nitrogens is 2. The van der Waals surface area contributed by atoms with Gasteiger partial charge >= 0.3 is 0 Å². The van der Waals surface area contributed by atoms with Gasteiger partial charge in [-0.1, -0.05) is 18.5 Å². The van der Waals surface area contributed by atoms with Gasteiger partial charge in [0.15, 0.2) is 0 Å². The second-order valence-electron chi connectivity index (χ2n) is 8.74. The first-order valence-electron chi connectivity index (χ1n) is 9.90. The van der Waals surface area contributed by atoms with Gasteiger partial charge in [0.05, 0.1) is 17.6 Å². The van der Waals surface area contributed by atoms with E-state index < -0.39 is 11.8 Å². The lowest BCUT2D eigenvalue weighted by atomic mass is 9.75. The number of aromatic amines is 1. The van der Waals surface area contributed by atoms with Crippen LogP contribution in [0.15, 0.2) is 18.2 Å². The third-order valence-electron chi connectivity index (χ3n) is 7.23. The van der Waals surface area contributed by atoms with E-state index >= 15 is 0 Å². The predicted molar refractivity (Wildman–Crippen MR) is 105 cm³/mol. The summed E-state index contributed by atoms with van der Waals surface area (Å²) in [5.41, 5.74) is 1.44. The molecule has 1 saturated carbocycles. The zero-order chi connectivity index (χ0) is 18.6. The van der Waals surface area contributed by atoms with E-state index in [4.69, 9.17) is 21.3 Å². The summed E-state index contributed by atoms with van der Waals surface area (Å²) >= 11 is 6.13. The number of hydrogen-bond donors (Lipinski definition) is 4. The molecule has 0 spiro atoms. The zero-order valence-corrected chi connectivity index (χ0v) is 16.4. The van der Waals surface area contributed by atoms with E-state index in [1.165, 1.54) is 6.42 Å². The molecule has 4 N–H and O–H groups in total. The van der Waals surface area contributed by atoms with Gasteiger partial charge in [0.2, 0.25) is 0 Å². The molecule has 0 bridgehead atoms. The van der Waals surface area contributed by atoms with Gasteiger partial charge in [-0.15, -0.1) is 0 Å². The Morgan fingerprint density at radius 1 is 1.41 bits per heavy atom. The zero-order valence-electron chi connectivity index (χ0n) is 15.6. The minimum atomic E-state index is -0.585. The molecule has 1 aromatic carbocycles. The quantitative estimate of drug-likeness (QED) is 0.602. The number of benzene rings is 1. The number of nitrogens with one attached hydrogen (secondary N) is 3. The molecule has 3 aliphatic rings. The highest BCUT2D eigenvalue weighted by atomic mass is 35.5. The van der Waals surface area contributed by atoms with Gasteiger partial charge in [0, 0.05) is 24.1 Å². The van der Waals surface area contributed by atoms with Crippen LogP contribution in [-0.2, 0) is 10.3 Å². The molecule has 5 rings (SSSR count). The number of aliphatic hydroxyl groups is 1. The maximum atomic E-state index is 11.2. The highest BCUT2D eigenvalue weighted by Crippen LogP contribution is 2.51. The van der Waals surface area contributed by atoms with Crippen LogP contribution in [0.3, 0.4) is 0 Å². The van der Waals surface area contributed by atoms with E-state index in [0.717, 1.165) is 42.8 Å². The molecule has 1 aromatic heterocycles. The smallest absolute Gasteiger partial charge is 0.130 e. The Bertz CT molecular complexity index is 850. The molecule has 3 fully saturated rings. The second-order valence-corrected chi connectivity index (χ2v) is 9.17. The Hall–Kier alpha value is -1.18. The Balaban J connectivity index is 1.44. The minimum absolute atomic E-state index is 0.147. The van der Waals surface area contributed by atoms with Crippen LogP contribution in [-0.4, -0.2) is 47.6 Å². The molecule has 0 amide bonds. The molecule has 5 atom stereocenters. The predicted octanol–water partition coefficient (Wildman–Crippen LogP) is 2.38. The number of hydrogen-bond acceptors (Lipinski definition) is 5. The minimum Gasteiger partial charge on any atom is -0.379 e. The van der Waals surface area contributed by atoms with Gasteiger partial charge in [0.1, 0.15) is 17.6 Å². The highest BCUT2D eigenvalue weighted by molar-refractivity contribution is 6.31. The average Bonchev–Trinajstić information content (AvgIpc) is 3.37. The monoisotopic (exact) mass is 390 g/mol. The molecule has 7 heteroatoms. The fraction of sp³-hybridized carbons (Fsp3) is 0.650. The first kappa shape index (κ1) is 17.9. The van der Waals surface area contributed by atoms with Gasteiger partial charge in [-0.05, 0) is 55.3 Å². The summed E-state index contributed by atoms with van der Waals surface area (Å²) in [6.07, 6.45) is 2.43. The van der Waals surface area contributed by atoms with Gasteiger partial charge in [-0.25, -0.2) is 4.98 Å². The van der Waals surface area contributed by atoms with Gasteiger partial charge < -0.3 is 20.1 Å². The van der Waals surface area contributed by atoms with Crippen molar-refractivity contribution in [1.82, 2.24) is 20.6 Å². The summed E-state index contributed by atoms with van der Waals surface area (Å²) < 4.78 is 5.74. The van der Waals surface area contributed by atoms with Crippen molar-refractivity contribution in [3.63, 3.8) is 0 Å². The molecule has 3 heterocycles. The number of halogens is 1. The van der Waals surface area contributed by atoms with Gasteiger partial charge in [-0.3, -0.25) is 5.32 Å². The molecule has 1 aliphatic carbocycles. The van der Waals surface area contributed by atoms with E-state index in [9.17, 15) is 5.11 Å². The summed E-state index contributed by atoms with van der Waals surface area (Å²) in [4.78, 5) is 8.20. The van der Waals surface area contributed by atoms with Gasteiger partial charge in [0.25, 0.3) is 0 Å². The number of fused-ring (bicyclic) bond motifs is 2. The molecule has 146 valence electrons. The van der Waals surface area contributed by atoms with Crippen molar-refractivity contribution in [2.24, 2.45) is 17.3 Å². The normalized spacial score (nSPS) is 37.1. The Morgan fingerprint density at radius 3 is 3.11 bits per heavy atom. The lowest BCUT2D eigenvalue weighted by Gasteiger charge is -2.38. The molecule has 27 heavy (non-hydrogen) atoms.